The Hall–Kier alpha value is -1.94. The number of aromatic nitrogens is 1. The molecule has 2 aromatic rings. The van der Waals surface area contributed by atoms with Gasteiger partial charge in [-0.05, 0) is 23.8 Å². The van der Waals surface area contributed by atoms with E-state index >= 15 is 0 Å². The molecular formula is C14H13BN2S. The van der Waals surface area contributed by atoms with Crippen molar-refractivity contribution in [1.29, 1.82) is 0 Å². The van der Waals surface area contributed by atoms with Crippen molar-refractivity contribution in [3.8, 4) is 0 Å². The van der Waals surface area contributed by atoms with Crippen molar-refractivity contribution in [3.63, 3.8) is 0 Å². The maximum absolute atomic E-state index is 5.22. The van der Waals surface area contributed by atoms with E-state index in [0.717, 1.165) is 11.4 Å². The first-order chi connectivity index (χ1) is 8.74. The predicted octanol–water partition coefficient (Wildman–Crippen LogP) is 1.79. The number of nitrogens with one attached hydrogen (secondary N) is 1. The highest BCUT2D eigenvalue weighted by Gasteiger charge is 1.93. The van der Waals surface area contributed by atoms with Crippen LogP contribution in [-0.4, -0.2) is 17.8 Å². The highest BCUT2D eigenvalue weighted by molar-refractivity contribution is 7.81. The zero-order valence-electron chi connectivity index (χ0n) is 10.1. The van der Waals surface area contributed by atoms with Crippen LogP contribution in [0, 0.1) is 0 Å². The SMILES string of the molecule is Bc1ccc(/C=C/C(=S)Nc2ccccn2)cc1. The molecule has 0 spiro atoms. The molecule has 0 radical (unpaired) electrons. The van der Waals surface area contributed by atoms with Crippen LogP contribution in [0.1, 0.15) is 5.56 Å². The van der Waals surface area contributed by atoms with Gasteiger partial charge in [-0.1, -0.05) is 54.1 Å². The van der Waals surface area contributed by atoms with E-state index in [2.05, 4.69) is 42.4 Å². The van der Waals surface area contributed by atoms with Crippen LogP contribution >= 0.6 is 12.2 Å². The molecular weight excluding hydrogens is 239 g/mol. The molecule has 0 bridgehead atoms. The second-order valence-corrected chi connectivity index (χ2v) is 4.39. The fourth-order valence-corrected chi connectivity index (χ4v) is 1.63. The van der Waals surface area contributed by atoms with Gasteiger partial charge in [0.15, 0.2) is 0 Å². The Morgan fingerprint density at radius 2 is 1.94 bits per heavy atom. The van der Waals surface area contributed by atoms with Gasteiger partial charge < -0.3 is 5.32 Å². The molecule has 1 N–H and O–H groups in total. The molecule has 18 heavy (non-hydrogen) atoms. The standard InChI is InChI=1S/C14H13BN2S/c15-12-7-4-11(5-8-12)6-9-14(18)17-13-3-1-2-10-16-13/h1-10H,15H2,(H,16,17,18)/b9-6+. The van der Waals surface area contributed by atoms with Gasteiger partial charge in [-0.15, -0.1) is 0 Å². The van der Waals surface area contributed by atoms with Gasteiger partial charge in [0.1, 0.15) is 18.7 Å². The van der Waals surface area contributed by atoms with Gasteiger partial charge in [-0.2, -0.15) is 0 Å². The summed E-state index contributed by atoms with van der Waals surface area (Å²) in [5, 5.41) is 3.06. The summed E-state index contributed by atoms with van der Waals surface area (Å²) in [5.41, 5.74) is 2.38. The zero-order valence-corrected chi connectivity index (χ0v) is 10.9. The molecule has 0 unspecified atom stereocenters. The van der Waals surface area contributed by atoms with Crippen LogP contribution in [0.4, 0.5) is 5.82 Å². The highest BCUT2D eigenvalue weighted by Crippen LogP contribution is 2.03. The van der Waals surface area contributed by atoms with E-state index in [9.17, 15) is 0 Å². The van der Waals surface area contributed by atoms with E-state index in [0.29, 0.717) is 4.99 Å². The Morgan fingerprint density at radius 1 is 1.17 bits per heavy atom. The number of hydrogen-bond donors (Lipinski definition) is 1. The summed E-state index contributed by atoms with van der Waals surface area (Å²) in [6.45, 7) is 0. The lowest BCUT2D eigenvalue weighted by Gasteiger charge is -2.02. The number of rotatable bonds is 3. The highest BCUT2D eigenvalue weighted by atomic mass is 32.1. The number of pyridine rings is 1. The van der Waals surface area contributed by atoms with Gasteiger partial charge in [0, 0.05) is 6.20 Å². The molecule has 1 aromatic carbocycles. The van der Waals surface area contributed by atoms with E-state index in [-0.39, 0.29) is 0 Å². The van der Waals surface area contributed by atoms with Crippen LogP contribution in [0.15, 0.2) is 54.7 Å². The average Bonchev–Trinajstić information content (AvgIpc) is 2.39. The van der Waals surface area contributed by atoms with Crippen molar-refractivity contribution < 1.29 is 0 Å². The van der Waals surface area contributed by atoms with Crippen LogP contribution in [0.2, 0.25) is 0 Å². The Labute approximate surface area is 113 Å². The zero-order chi connectivity index (χ0) is 12.8. The first-order valence-corrected chi connectivity index (χ1v) is 6.11. The van der Waals surface area contributed by atoms with Gasteiger partial charge in [-0.3, -0.25) is 0 Å². The number of benzene rings is 1. The maximum atomic E-state index is 5.22. The van der Waals surface area contributed by atoms with Crippen molar-refractivity contribution in [2.75, 3.05) is 5.32 Å². The Kier molecular flexibility index (Phi) is 4.26. The molecule has 1 aromatic heterocycles. The molecule has 2 nitrogen and oxygen atoms in total. The topological polar surface area (TPSA) is 24.9 Å². The van der Waals surface area contributed by atoms with E-state index in [4.69, 9.17) is 12.2 Å². The minimum Gasteiger partial charge on any atom is -0.331 e. The van der Waals surface area contributed by atoms with E-state index in [1.807, 2.05) is 30.4 Å². The molecule has 0 saturated carbocycles. The largest absolute Gasteiger partial charge is 0.331 e. The van der Waals surface area contributed by atoms with E-state index < -0.39 is 0 Å². The van der Waals surface area contributed by atoms with Crippen LogP contribution < -0.4 is 10.8 Å². The normalized spacial score (nSPS) is 10.4. The number of hydrogen-bond acceptors (Lipinski definition) is 2. The molecule has 0 atom stereocenters. The number of anilines is 1. The molecule has 0 aliphatic heterocycles. The summed E-state index contributed by atoms with van der Waals surface area (Å²) in [6, 6.07) is 14.0. The molecule has 4 heteroatoms. The second kappa shape index (κ2) is 6.12. The summed E-state index contributed by atoms with van der Waals surface area (Å²) in [4.78, 5) is 4.80. The Balaban J connectivity index is 1.97. The quantitative estimate of drug-likeness (QED) is 0.512. The minimum absolute atomic E-state index is 0.647. The van der Waals surface area contributed by atoms with Crippen LogP contribution in [0.25, 0.3) is 6.08 Å². The summed E-state index contributed by atoms with van der Waals surface area (Å²) >= 11 is 5.22. The third-order valence-electron chi connectivity index (χ3n) is 2.42. The lowest BCUT2D eigenvalue weighted by molar-refractivity contribution is 1.33. The first kappa shape index (κ1) is 12.5. The maximum Gasteiger partial charge on any atom is 0.139 e. The minimum atomic E-state index is 0.647. The fourth-order valence-electron chi connectivity index (χ4n) is 1.45. The van der Waals surface area contributed by atoms with Gasteiger partial charge in [-0.25, -0.2) is 4.98 Å². The number of nitrogens with zero attached hydrogens (tertiary/aromatic N) is 1. The lowest BCUT2D eigenvalue weighted by atomic mass is 9.95. The fraction of sp³-hybridized carbons (Fsp3) is 0. The summed E-state index contributed by atoms with van der Waals surface area (Å²) in [6.07, 6.45) is 5.58. The third kappa shape index (κ3) is 3.82. The molecule has 0 aliphatic carbocycles. The molecule has 88 valence electrons. The third-order valence-corrected chi connectivity index (χ3v) is 2.66. The molecule has 0 saturated heterocycles. The van der Waals surface area contributed by atoms with Crippen molar-refractivity contribution in [1.82, 2.24) is 4.98 Å². The molecule has 0 fully saturated rings. The lowest BCUT2D eigenvalue weighted by Crippen LogP contribution is -2.06. The molecule has 0 aliphatic rings. The van der Waals surface area contributed by atoms with Crippen molar-refractivity contribution in [2.24, 2.45) is 0 Å². The summed E-state index contributed by atoms with van der Waals surface area (Å²) in [7, 11) is 2.07. The summed E-state index contributed by atoms with van der Waals surface area (Å²) in [5.74, 6) is 0.760. The molecule has 0 amide bonds. The van der Waals surface area contributed by atoms with Gasteiger partial charge in [0.2, 0.25) is 0 Å². The van der Waals surface area contributed by atoms with Crippen molar-refractivity contribution in [2.45, 2.75) is 0 Å². The summed E-state index contributed by atoms with van der Waals surface area (Å²) < 4.78 is 0. The van der Waals surface area contributed by atoms with Crippen molar-refractivity contribution >= 4 is 42.4 Å². The smallest absolute Gasteiger partial charge is 0.139 e. The van der Waals surface area contributed by atoms with Crippen LogP contribution in [-0.2, 0) is 0 Å². The Bertz CT molecular complexity index is 550. The van der Waals surface area contributed by atoms with Crippen LogP contribution in [0.3, 0.4) is 0 Å². The monoisotopic (exact) mass is 252 g/mol. The molecule has 2 rings (SSSR count). The van der Waals surface area contributed by atoms with Crippen molar-refractivity contribution in [3.05, 3.63) is 60.3 Å². The first-order valence-electron chi connectivity index (χ1n) is 5.71. The van der Waals surface area contributed by atoms with Gasteiger partial charge >= 0.3 is 0 Å². The van der Waals surface area contributed by atoms with E-state index in [1.54, 1.807) is 6.20 Å². The molecule has 1 heterocycles. The van der Waals surface area contributed by atoms with Crippen LogP contribution in [0.5, 0.6) is 0 Å². The predicted molar refractivity (Wildman–Crippen MR) is 84.1 cm³/mol. The number of thiocarbonyl (C=S) groups is 1. The average molecular weight is 252 g/mol. The van der Waals surface area contributed by atoms with Gasteiger partial charge in [0.05, 0.1) is 0 Å². The Morgan fingerprint density at radius 3 is 2.61 bits per heavy atom. The second-order valence-electron chi connectivity index (χ2n) is 3.95. The van der Waals surface area contributed by atoms with E-state index in [1.165, 1.54) is 5.46 Å². The van der Waals surface area contributed by atoms with Gasteiger partial charge in [0.25, 0.3) is 0 Å².